The molecule has 0 saturated heterocycles. The number of rotatable bonds is 7. The lowest BCUT2D eigenvalue weighted by molar-refractivity contribution is -0.131. The van der Waals surface area contributed by atoms with E-state index in [4.69, 9.17) is 14.2 Å². The van der Waals surface area contributed by atoms with Gasteiger partial charge in [0.05, 0.1) is 14.2 Å². The van der Waals surface area contributed by atoms with Gasteiger partial charge < -0.3 is 19.3 Å². The van der Waals surface area contributed by atoms with Gasteiger partial charge in [-0.15, -0.1) is 0 Å². The number of aryl methyl sites for hydroxylation is 2. The van der Waals surface area contributed by atoms with E-state index in [1.54, 1.807) is 20.3 Å². The Morgan fingerprint density at radius 2 is 1.68 bits per heavy atom. The van der Waals surface area contributed by atoms with Gasteiger partial charge in [-0.3, -0.25) is 4.79 Å². The number of methoxy groups -OCH3 is 2. The molecular formula is C19H20O6. The van der Waals surface area contributed by atoms with E-state index in [1.165, 1.54) is 19.1 Å². The number of esters is 1. The topological polar surface area (TPSA) is 82.1 Å². The van der Waals surface area contributed by atoms with E-state index in [2.05, 4.69) is 0 Å². The van der Waals surface area contributed by atoms with Crippen LogP contribution in [-0.4, -0.2) is 31.3 Å². The Morgan fingerprint density at radius 1 is 0.960 bits per heavy atom. The Balaban J connectivity index is 2.22. The van der Waals surface area contributed by atoms with Crippen molar-refractivity contribution in [3.63, 3.8) is 0 Å². The molecule has 2 aromatic rings. The molecule has 6 nitrogen and oxygen atoms in total. The predicted octanol–water partition coefficient (Wildman–Crippen LogP) is 3.11. The molecule has 0 spiro atoms. The number of benzene rings is 2. The summed E-state index contributed by atoms with van der Waals surface area (Å²) < 4.78 is 15.5. The molecule has 2 aromatic carbocycles. The summed E-state index contributed by atoms with van der Waals surface area (Å²) in [6.45, 7) is 1.23. The molecule has 0 amide bonds. The summed E-state index contributed by atoms with van der Waals surface area (Å²) in [6.07, 6.45) is 1.25. The second kappa shape index (κ2) is 8.19. The van der Waals surface area contributed by atoms with Gasteiger partial charge in [0, 0.05) is 6.92 Å². The molecule has 0 heterocycles. The maximum atomic E-state index is 11.4. The number of carboxylic acid groups (broad SMARTS) is 1. The highest BCUT2D eigenvalue weighted by molar-refractivity contribution is 5.92. The summed E-state index contributed by atoms with van der Waals surface area (Å²) in [5, 5.41) is 9.31. The van der Waals surface area contributed by atoms with Crippen LogP contribution >= 0.6 is 0 Å². The summed E-state index contributed by atoms with van der Waals surface area (Å²) in [6, 6.07) is 10.3. The average molecular weight is 344 g/mol. The van der Waals surface area contributed by atoms with Crippen molar-refractivity contribution in [2.75, 3.05) is 14.2 Å². The lowest BCUT2D eigenvalue weighted by atomic mass is 10.0. The maximum absolute atomic E-state index is 11.4. The van der Waals surface area contributed by atoms with Crippen molar-refractivity contribution in [3.05, 3.63) is 53.1 Å². The second-order valence-corrected chi connectivity index (χ2v) is 5.41. The summed E-state index contributed by atoms with van der Waals surface area (Å²) in [4.78, 5) is 22.5. The molecule has 132 valence electrons. The van der Waals surface area contributed by atoms with Crippen LogP contribution in [-0.2, 0) is 17.6 Å². The largest absolute Gasteiger partial charge is 0.497 e. The van der Waals surface area contributed by atoms with Crippen LogP contribution in [0.5, 0.6) is 17.2 Å². The molecule has 1 N–H and O–H groups in total. The third-order valence-electron chi connectivity index (χ3n) is 3.70. The standard InChI is InChI=1S/C19H20O6/c1-12(20)25-18-8-5-13(10-16(18)19(21)22)4-6-14-11-15(23-2)7-9-17(14)24-3/h5,7-11H,4,6H2,1-3H3,(H,21,22). The number of aromatic carboxylic acids is 1. The fourth-order valence-corrected chi connectivity index (χ4v) is 2.50. The van der Waals surface area contributed by atoms with E-state index in [0.717, 1.165) is 22.6 Å². The molecule has 0 aromatic heterocycles. The molecule has 0 unspecified atom stereocenters. The van der Waals surface area contributed by atoms with E-state index >= 15 is 0 Å². The summed E-state index contributed by atoms with van der Waals surface area (Å²) in [7, 11) is 3.19. The molecule has 6 heteroatoms. The van der Waals surface area contributed by atoms with Gasteiger partial charge in [0.15, 0.2) is 0 Å². The third kappa shape index (κ3) is 4.73. The molecular weight excluding hydrogens is 324 g/mol. The van der Waals surface area contributed by atoms with Crippen molar-refractivity contribution in [3.8, 4) is 17.2 Å². The van der Waals surface area contributed by atoms with Crippen LogP contribution in [0.2, 0.25) is 0 Å². The molecule has 0 aliphatic heterocycles. The van der Waals surface area contributed by atoms with Crippen LogP contribution in [0.3, 0.4) is 0 Å². The van der Waals surface area contributed by atoms with E-state index in [0.29, 0.717) is 12.8 Å². The highest BCUT2D eigenvalue weighted by Gasteiger charge is 2.14. The molecule has 0 fully saturated rings. The minimum Gasteiger partial charge on any atom is -0.497 e. The Hall–Kier alpha value is -3.02. The SMILES string of the molecule is COc1ccc(OC)c(CCc2ccc(OC(C)=O)c(C(=O)O)c2)c1. The molecule has 0 aliphatic rings. The van der Waals surface area contributed by atoms with Crippen molar-refractivity contribution in [2.45, 2.75) is 19.8 Å². The minimum atomic E-state index is -1.14. The number of carboxylic acids is 1. The van der Waals surface area contributed by atoms with E-state index in [-0.39, 0.29) is 11.3 Å². The molecule has 0 atom stereocenters. The first-order valence-corrected chi connectivity index (χ1v) is 7.70. The molecule has 0 bridgehead atoms. The quantitative estimate of drug-likeness (QED) is 0.614. The maximum Gasteiger partial charge on any atom is 0.339 e. The van der Waals surface area contributed by atoms with Gasteiger partial charge >= 0.3 is 11.9 Å². The number of hydrogen-bond donors (Lipinski definition) is 1. The summed E-state index contributed by atoms with van der Waals surface area (Å²) in [5.74, 6) is -0.181. The minimum absolute atomic E-state index is 0.0368. The Kier molecular flexibility index (Phi) is 6.00. The van der Waals surface area contributed by atoms with Crippen LogP contribution < -0.4 is 14.2 Å². The second-order valence-electron chi connectivity index (χ2n) is 5.41. The molecule has 0 aliphatic carbocycles. The number of carbonyl (C=O) groups excluding carboxylic acids is 1. The fraction of sp³-hybridized carbons (Fsp3) is 0.263. The van der Waals surface area contributed by atoms with E-state index in [1.807, 2.05) is 18.2 Å². The van der Waals surface area contributed by atoms with Gasteiger partial charge in [-0.05, 0) is 54.3 Å². The Morgan fingerprint density at radius 3 is 2.28 bits per heavy atom. The number of carbonyl (C=O) groups is 2. The zero-order chi connectivity index (χ0) is 18.4. The molecule has 0 radical (unpaired) electrons. The van der Waals surface area contributed by atoms with Crippen LogP contribution in [0.25, 0.3) is 0 Å². The molecule has 0 saturated carbocycles. The van der Waals surface area contributed by atoms with Gasteiger partial charge in [0.25, 0.3) is 0 Å². The molecule has 2 rings (SSSR count). The third-order valence-corrected chi connectivity index (χ3v) is 3.70. The smallest absolute Gasteiger partial charge is 0.339 e. The van der Waals surface area contributed by atoms with Crippen molar-refractivity contribution in [1.29, 1.82) is 0 Å². The van der Waals surface area contributed by atoms with Gasteiger partial charge in [-0.25, -0.2) is 4.79 Å². The first-order chi connectivity index (χ1) is 11.9. The highest BCUT2D eigenvalue weighted by Crippen LogP contribution is 2.26. The van der Waals surface area contributed by atoms with Gasteiger partial charge in [0.2, 0.25) is 0 Å². The van der Waals surface area contributed by atoms with Crippen molar-refractivity contribution in [2.24, 2.45) is 0 Å². The predicted molar refractivity (Wildman–Crippen MR) is 91.7 cm³/mol. The zero-order valence-electron chi connectivity index (χ0n) is 14.4. The van der Waals surface area contributed by atoms with E-state index < -0.39 is 11.9 Å². The number of hydrogen-bond acceptors (Lipinski definition) is 5. The Bertz CT molecular complexity index is 781. The van der Waals surface area contributed by atoms with E-state index in [9.17, 15) is 14.7 Å². The zero-order valence-corrected chi connectivity index (χ0v) is 14.4. The monoisotopic (exact) mass is 344 g/mol. The normalized spacial score (nSPS) is 10.2. The van der Waals surface area contributed by atoms with Crippen molar-refractivity contribution < 1.29 is 28.9 Å². The fourth-order valence-electron chi connectivity index (χ4n) is 2.50. The van der Waals surface area contributed by atoms with Gasteiger partial charge in [-0.1, -0.05) is 6.07 Å². The lowest BCUT2D eigenvalue weighted by Crippen LogP contribution is -2.08. The van der Waals surface area contributed by atoms with Crippen LogP contribution in [0.4, 0.5) is 0 Å². The van der Waals surface area contributed by atoms with Crippen molar-refractivity contribution in [1.82, 2.24) is 0 Å². The van der Waals surface area contributed by atoms with Crippen LogP contribution in [0.1, 0.15) is 28.4 Å². The van der Waals surface area contributed by atoms with Gasteiger partial charge in [-0.2, -0.15) is 0 Å². The summed E-state index contributed by atoms with van der Waals surface area (Å²) in [5.41, 5.74) is 1.74. The van der Waals surface area contributed by atoms with Crippen molar-refractivity contribution >= 4 is 11.9 Å². The number of ether oxygens (including phenoxy) is 3. The summed E-state index contributed by atoms with van der Waals surface area (Å²) >= 11 is 0. The van der Waals surface area contributed by atoms with Crippen LogP contribution in [0.15, 0.2) is 36.4 Å². The first kappa shape index (κ1) is 18.3. The molecule has 25 heavy (non-hydrogen) atoms. The Labute approximate surface area is 146 Å². The van der Waals surface area contributed by atoms with Gasteiger partial charge in [0.1, 0.15) is 22.8 Å². The highest BCUT2D eigenvalue weighted by atomic mass is 16.5. The lowest BCUT2D eigenvalue weighted by Gasteiger charge is -2.11. The average Bonchev–Trinajstić information content (AvgIpc) is 2.59. The van der Waals surface area contributed by atoms with Crippen LogP contribution in [0, 0.1) is 0 Å². The first-order valence-electron chi connectivity index (χ1n) is 7.70.